The average Bonchev–Trinajstić information content (AvgIpc) is 3.13. The molecule has 1 saturated carbocycles. The SMILES string of the molecule is COc1cccc(CCC(=O)N2CC3CCCC3C2C(=O)O)c1F. The van der Waals surface area contributed by atoms with Crippen molar-refractivity contribution in [2.24, 2.45) is 11.8 Å². The summed E-state index contributed by atoms with van der Waals surface area (Å²) in [6, 6.07) is 4.11. The molecule has 1 aromatic carbocycles. The zero-order valence-electron chi connectivity index (χ0n) is 13.7. The number of halogens is 1. The molecule has 130 valence electrons. The van der Waals surface area contributed by atoms with Crippen LogP contribution in [0.25, 0.3) is 0 Å². The highest BCUT2D eigenvalue weighted by atomic mass is 19.1. The Labute approximate surface area is 140 Å². The Bertz CT molecular complexity index is 648. The minimum atomic E-state index is -0.926. The van der Waals surface area contributed by atoms with E-state index in [0.29, 0.717) is 18.0 Å². The molecule has 1 N–H and O–H groups in total. The number of carboxylic acid groups (broad SMARTS) is 1. The first-order chi connectivity index (χ1) is 11.5. The van der Waals surface area contributed by atoms with Gasteiger partial charge in [0.2, 0.25) is 5.91 Å². The lowest BCUT2D eigenvalue weighted by Gasteiger charge is -2.24. The molecule has 0 bridgehead atoms. The van der Waals surface area contributed by atoms with Crippen molar-refractivity contribution >= 4 is 11.9 Å². The second-order valence-corrected chi connectivity index (χ2v) is 6.62. The van der Waals surface area contributed by atoms with Gasteiger partial charge in [-0.25, -0.2) is 9.18 Å². The van der Waals surface area contributed by atoms with E-state index in [9.17, 15) is 19.1 Å². The van der Waals surface area contributed by atoms with Crippen LogP contribution >= 0.6 is 0 Å². The number of ether oxygens (including phenoxy) is 1. The molecule has 24 heavy (non-hydrogen) atoms. The van der Waals surface area contributed by atoms with Crippen molar-refractivity contribution in [3.63, 3.8) is 0 Å². The van der Waals surface area contributed by atoms with Gasteiger partial charge in [-0.2, -0.15) is 0 Å². The fourth-order valence-corrected chi connectivity index (χ4v) is 4.17. The molecule has 2 fully saturated rings. The third kappa shape index (κ3) is 2.97. The maximum absolute atomic E-state index is 14.1. The van der Waals surface area contributed by atoms with Gasteiger partial charge in [0.25, 0.3) is 0 Å². The van der Waals surface area contributed by atoms with Crippen molar-refractivity contribution in [1.29, 1.82) is 0 Å². The number of aryl methyl sites for hydroxylation is 1. The summed E-state index contributed by atoms with van der Waals surface area (Å²) in [6.45, 7) is 0.515. The van der Waals surface area contributed by atoms with Crippen LogP contribution in [0.1, 0.15) is 31.2 Å². The molecular formula is C18H22FNO4. The van der Waals surface area contributed by atoms with Crippen molar-refractivity contribution < 1.29 is 23.8 Å². The molecule has 1 aliphatic carbocycles. The zero-order valence-corrected chi connectivity index (χ0v) is 13.7. The topological polar surface area (TPSA) is 66.8 Å². The van der Waals surface area contributed by atoms with Crippen LogP contribution in [0.4, 0.5) is 4.39 Å². The molecule has 1 aliphatic heterocycles. The maximum Gasteiger partial charge on any atom is 0.326 e. The summed E-state index contributed by atoms with van der Waals surface area (Å²) in [5.74, 6) is -1.08. The van der Waals surface area contributed by atoms with Gasteiger partial charge in [0.05, 0.1) is 7.11 Å². The van der Waals surface area contributed by atoms with Crippen molar-refractivity contribution in [3.8, 4) is 5.75 Å². The average molecular weight is 335 g/mol. The van der Waals surface area contributed by atoms with Crippen LogP contribution in [-0.4, -0.2) is 41.6 Å². The maximum atomic E-state index is 14.1. The van der Waals surface area contributed by atoms with Crippen molar-refractivity contribution in [1.82, 2.24) is 4.90 Å². The van der Waals surface area contributed by atoms with Crippen molar-refractivity contribution in [2.75, 3.05) is 13.7 Å². The number of methoxy groups -OCH3 is 1. The smallest absolute Gasteiger partial charge is 0.326 e. The number of carbonyl (C=O) groups excluding carboxylic acids is 1. The largest absolute Gasteiger partial charge is 0.494 e. The summed E-state index contributed by atoms with van der Waals surface area (Å²) in [7, 11) is 1.40. The molecule has 5 nitrogen and oxygen atoms in total. The lowest BCUT2D eigenvalue weighted by molar-refractivity contribution is -0.149. The molecule has 1 amide bonds. The third-order valence-corrected chi connectivity index (χ3v) is 5.34. The summed E-state index contributed by atoms with van der Waals surface area (Å²) < 4.78 is 19.1. The number of nitrogens with zero attached hydrogens (tertiary/aromatic N) is 1. The van der Waals surface area contributed by atoms with Crippen LogP contribution in [0.3, 0.4) is 0 Å². The number of likely N-dealkylation sites (tertiary alicyclic amines) is 1. The van der Waals surface area contributed by atoms with E-state index in [2.05, 4.69) is 0 Å². The highest BCUT2D eigenvalue weighted by Crippen LogP contribution is 2.42. The number of hydrogen-bond acceptors (Lipinski definition) is 3. The van der Waals surface area contributed by atoms with Gasteiger partial charge in [0.1, 0.15) is 6.04 Å². The minimum absolute atomic E-state index is 0.0694. The molecule has 1 heterocycles. The predicted octanol–water partition coefficient (Wildman–Crippen LogP) is 2.48. The molecule has 3 atom stereocenters. The monoisotopic (exact) mass is 335 g/mol. The minimum Gasteiger partial charge on any atom is -0.494 e. The lowest BCUT2D eigenvalue weighted by Crippen LogP contribution is -2.43. The van der Waals surface area contributed by atoms with Crippen molar-refractivity contribution in [3.05, 3.63) is 29.6 Å². The third-order valence-electron chi connectivity index (χ3n) is 5.34. The number of hydrogen-bond donors (Lipinski definition) is 1. The quantitative estimate of drug-likeness (QED) is 0.898. The number of benzene rings is 1. The Balaban J connectivity index is 1.68. The molecular weight excluding hydrogens is 313 g/mol. The number of fused-ring (bicyclic) bond motifs is 1. The second-order valence-electron chi connectivity index (χ2n) is 6.62. The molecule has 2 aliphatic rings. The van der Waals surface area contributed by atoms with Gasteiger partial charge in [-0.3, -0.25) is 4.79 Å². The highest BCUT2D eigenvalue weighted by Gasteiger charge is 2.49. The molecule has 3 rings (SSSR count). The van der Waals surface area contributed by atoms with Gasteiger partial charge in [-0.1, -0.05) is 18.6 Å². The molecule has 0 aromatic heterocycles. The second kappa shape index (κ2) is 6.79. The first-order valence-corrected chi connectivity index (χ1v) is 8.36. The van der Waals surface area contributed by atoms with E-state index in [1.54, 1.807) is 12.1 Å². The van der Waals surface area contributed by atoms with Crippen LogP contribution in [0.5, 0.6) is 5.75 Å². The summed E-state index contributed by atoms with van der Waals surface area (Å²) in [5.41, 5.74) is 0.411. The van der Waals surface area contributed by atoms with Crippen LogP contribution in [0.2, 0.25) is 0 Å². The van der Waals surface area contributed by atoms with Gasteiger partial charge in [-0.15, -0.1) is 0 Å². The molecule has 3 unspecified atom stereocenters. The van der Waals surface area contributed by atoms with Gasteiger partial charge in [0, 0.05) is 13.0 Å². The normalized spacial score (nSPS) is 25.6. The fourth-order valence-electron chi connectivity index (χ4n) is 4.17. The number of rotatable bonds is 5. The standard InChI is InChI=1S/C18H22FNO4/c1-24-14-7-3-4-11(16(14)19)8-9-15(21)20-10-12-5-2-6-13(12)17(20)18(22)23/h3-4,7,12-13,17H,2,5-6,8-10H2,1H3,(H,22,23). The number of amides is 1. The molecule has 1 aromatic rings. The Morgan fingerprint density at radius 2 is 2.17 bits per heavy atom. The van der Waals surface area contributed by atoms with Gasteiger partial charge in [0.15, 0.2) is 11.6 Å². The fraction of sp³-hybridized carbons (Fsp3) is 0.556. The number of carbonyl (C=O) groups is 2. The summed E-state index contributed by atoms with van der Waals surface area (Å²) in [6.07, 6.45) is 3.24. The van der Waals surface area contributed by atoms with E-state index in [1.165, 1.54) is 18.1 Å². The van der Waals surface area contributed by atoms with Crippen molar-refractivity contribution in [2.45, 2.75) is 38.1 Å². The van der Waals surface area contributed by atoms with Crippen LogP contribution in [0.15, 0.2) is 18.2 Å². The van der Waals surface area contributed by atoms with Gasteiger partial charge < -0.3 is 14.7 Å². The number of aliphatic carboxylic acids is 1. The van der Waals surface area contributed by atoms with Gasteiger partial charge >= 0.3 is 5.97 Å². The van der Waals surface area contributed by atoms with E-state index in [1.807, 2.05) is 0 Å². The van der Waals surface area contributed by atoms with E-state index >= 15 is 0 Å². The molecule has 0 radical (unpaired) electrons. The summed E-state index contributed by atoms with van der Waals surface area (Å²) in [4.78, 5) is 25.6. The molecule has 1 saturated heterocycles. The van der Waals surface area contributed by atoms with Crippen LogP contribution in [-0.2, 0) is 16.0 Å². The van der Waals surface area contributed by atoms with E-state index in [4.69, 9.17) is 4.74 Å². The zero-order chi connectivity index (χ0) is 17.3. The molecule has 6 heteroatoms. The van der Waals surface area contributed by atoms with E-state index in [-0.39, 0.29) is 30.4 Å². The number of carboxylic acids is 1. The highest BCUT2D eigenvalue weighted by molar-refractivity contribution is 5.85. The van der Waals surface area contributed by atoms with E-state index < -0.39 is 17.8 Å². The predicted molar refractivity (Wildman–Crippen MR) is 85.2 cm³/mol. The van der Waals surface area contributed by atoms with Crippen LogP contribution < -0.4 is 4.74 Å². The summed E-state index contributed by atoms with van der Waals surface area (Å²) in [5, 5.41) is 9.51. The summed E-state index contributed by atoms with van der Waals surface area (Å²) >= 11 is 0. The first-order valence-electron chi connectivity index (χ1n) is 8.36. The van der Waals surface area contributed by atoms with E-state index in [0.717, 1.165) is 19.3 Å². The van der Waals surface area contributed by atoms with Crippen LogP contribution in [0, 0.1) is 17.7 Å². The van der Waals surface area contributed by atoms with Gasteiger partial charge in [-0.05, 0) is 42.7 Å². The Hall–Kier alpha value is -2.11. The first kappa shape index (κ1) is 16.7. The Morgan fingerprint density at radius 1 is 1.38 bits per heavy atom. The lowest BCUT2D eigenvalue weighted by atomic mass is 9.94. The Kier molecular flexibility index (Phi) is 4.73. The Morgan fingerprint density at radius 3 is 2.88 bits per heavy atom. The molecule has 0 spiro atoms.